The summed E-state index contributed by atoms with van der Waals surface area (Å²) < 4.78 is 18.1. The largest absolute Gasteiger partial charge is 0.334 e. The van der Waals surface area contributed by atoms with Gasteiger partial charge in [-0.25, -0.2) is 4.39 Å². The van der Waals surface area contributed by atoms with Crippen LogP contribution in [0, 0.1) is 15.9 Å². The van der Waals surface area contributed by atoms with E-state index < -0.39 is 10.7 Å². The van der Waals surface area contributed by atoms with Gasteiger partial charge in [0.25, 0.3) is 11.6 Å². The van der Waals surface area contributed by atoms with Gasteiger partial charge in [0, 0.05) is 19.0 Å². The molecule has 0 amide bonds. The third-order valence-corrected chi connectivity index (χ3v) is 2.45. The van der Waals surface area contributed by atoms with Crippen LogP contribution in [-0.2, 0) is 6.42 Å². The molecular formula is C11H11FN4O3. The highest BCUT2D eigenvalue weighted by molar-refractivity contribution is 5.66. The van der Waals surface area contributed by atoms with Crippen molar-refractivity contribution in [2.75, 3.05) is 13.6 Å². The lowest BCUT2D eigenvalue weighted by atomic mass is 10.2. The SMILES string of the molecule is CNCCc1noc(-c2cc(F)ccc2[N+](=O)[O-])n1. The lowest BCUT2D eigenvalue weighted by molar-refractivity contribution is -0.384. The predicted molar refractivity (Wildman–Crippen MR) is 64.0 cm³/mol. The van der Waals surface area contributed by atoms with Crippen molar-refractivity contribution >= 4 is 5.69 Å². The van der Waals surface area contributed by atoms with Crippen LogP contribution in [0.5, 0.6) is 0 Å². The summed E-state index contributed by atoms with van der Waals surface area (Å²) in [7, 11) is 1.78. The fourth-order valence-corrected chi connectivity index (χ4v) is 1.54. The van der Waals surface area contributed by atoms with Crippen LogP contribution in [0.3, 0.4) is 0 Å². The van der Waals surface area contributed by atoms with Crippen LogP contribution in [0.4, 0.5) is 10.1 Å². The minimum absolute atomic E-state index is 0.0202. The number of nitrogens with one attached hydrogen (secondary N) is 1. The standard InChI is InChI=1S/C11H11FN4O3/c1-13-5-4-10-14-11(19-15-10)8-6-7(12)2-3-9(8)16(17)18/h2-3,6,13H,4-5H2,1H3. The first-order valence-electron chi connectivity index (χ1n) is 5.53. The number of hydrogen-bond donors (Lipinski definition) is 1. The normalized spacial score (nSPS) is 10.6. The Hall–Kier alpha value is -2.35. The van der Waals surface area contributed by atoms with E-state index in [-0.39, 0.29) is 17.1 Å². The van der Waals surface area contributed by atoms with Crippen molar-refractivity contribution in [2.45, 2.75) is 6.42 Å². The Labute approximate surface area is 107 Å². The van der Waals surface area contributed by atoms with E-state index in [1.807, 2.05) is 0 Å². The number of rotatable bonds is 5. The van der Waals surface area contributed by atoms with Crippen LogP contribution in [-0.4, -0.2) is 28.7 Å². The molecule has 0 aliphatic heterocycles. The van der Waals surface area contributed by atoms with Crippen LogP contribution in [0.15, 0.2) is 22.7 Å². The Kier molecular flexibility index (Phi) is 3.81. The number of aromatic nitrogens is 2. The average molecular weight is 266 g/mol. The number of halogens is 1. The Bertz CT molecular complexity index is 599. The molecule has 2 rings (SSSR count). The van der Waals surface area contributed by atoms with Crippen molar-refractivity contribution in [1.29, 1.82) is 0 Å². The van der Waals surface area contributed by atoms with Crippen molar-refractivity contribution in [3.63, 3.8) is 0 Å². The van der Waals surface area contributed by atoms with Gasteiger partial charge in [-0.3, -0.25) is 10.1 Å². The molecule has 7 nitrogen and oxygen atoms in total. The molecule has 0 saturated carbocycles. The number of benzene rings is 1. The molecular weight excluding hydrogens is 255 g/mol. The monoisotopic (exact) mass is 266 g/mol. The summed E-state index contributed by atoms with van der Waals surface area (Å²) >= 11 is 0. The van der Waals surface area contributed by atoms with Gasteiger partial charge >= 0.3 is 0 Å². The Balaban J connectivity index is 2.37. The predicted octanol–water partition coefficient (Wildman–Crippen LogP) is 1.55. The van der Waals surface area contributed by atoms with Gasteiger partial charge in [-0.2, -0.15) is 4.98 Å². The van der Waals surface area contributed by atoms with E-state index in [4.69, 9.17) is 4.52 Å². The highest BCUT2D eigenvalue weighted by atomic mass is 19.1. The molecule has 0 aliphatic carbocycles. The van der Waals surface area contributed by atoms with Gasteiger partial charge in [0.05, 0.1) is 4.92 Å². The molecule has 0 atom stereocenters. The van der Waals surface area contributed by atoms with Crippen molar-refractivity contribution in [3.05, 3.63) is 40.0 Å². The van der Waals surface area contributed by atoms with Gasteiger partial charge in [0.15, 0.2) is 5.82 Å². The Morgan fingerprint density at radius 2 is 2.32 bits per heavy atom. The first kappa shape index (κ1) is 13.1. The maximum absolute atomic E-state index is 13.2. The fraction of sp³-hybridized carbons (Fsp3) is 0.273. The van der Waals surface area contributed by atoms with Crippen LogP contribution < -0.4 is 5.32 Å². The molecule has 0 spiro atoms. The van der Waals surface area contributed by atoms with Crippen molar-refractivity contribution in [3.8, 4) is 11.5 Å². The zero-order valence-electron chi connectivity index (χ0n) is 10.1. The molecule has 0 aliphatic rings. The second-order valence-electron chi connectivity index (χ2n) is 3.79. The van der Waals surface area contributed by atoms with Gasteiger partial charge in [-0.1, -0.05) is 5.16 Å². The third kappa shape index (κ3) is 2.91. The summed E-state index contributed by atoms with van der Waals surface area (Å²) in [6, 6.07) is 3.09. The number of likely N-dealkylation sites (N-methyl/N-ethyl adjacent to an activating group) is 1. The number of nitro benzene ring substituents is 1. The Morgan fingerprint density at radius 1 is 1.53 bits per heavy atom. The second-order valence-corrected chi connectivity index (χ2v) is 3.79. The van der Waals surface area contributed by atoms with E-state index in [9.17, 15) is 14.5 Å². The van der Waals surface area contributed by atoms with Gasteiger partial charge in [-0.15, -0.1) is 0 Å². The lowest BCUT2D eigenvalue weighted by Crippen LogP contribution is -2.11. The van der Waals surface area contributed by atoms with Crippen molar-refractivity contribution in [1.82, 2.24) is 15.5 Å². The molecule has 0 bridgehead atoms. The van der Waals surface area contributed by atoms with E-state index >= 15 is 0 Å². The van der Waals surface area contributed by atoms with E-state index in [0.29, 0.717) is 18.8 Å². The first-order valence-corrected chi connectivity index (χ1v) is 5.53. The molecule has 0 unspecified atom stereocenters. The van der Waals surface area contributed by atoms with E-state index in [1.54, 1.807) is 7.05 Å². The quantitative estimate of drug-likeness (QED) is 0.651. The van der Waals surface area contributed by atoms with Crippen molar-refractivity contribution in [2.24, 2.45) is 0 Å². The number of hydrogen-bond acceptors (Lipinski definition) is 6. The summed E-state index contributed by atoms with van der Waals surface area (Å²) in [5.41, 5.74) is -0.293. The summed E-state index contributed by atoms with van der Waals surface area (Å²) in [6.45, 7) is 0.643. The molecule has 19 heavy (non-hydrogen) atoms. The smallest absolute Gasteiger partial charge is 0.282 e. The maximum atomic E-state index is 13.2. The third-order valence-electron chi connectivity index (χ3n) is 2.45. The molecule has 1 aromatic carbocycles. The summed E-state index contributed by atoms with van der Waals surface area (Å²) in [5.74, 6) is -0.254. The fourth-order valence-electron chi connectivity index (χ4n) is 1.54. The van der Waals surface area contributed by atoms with Gasteiger partial charge in [0.1, 0.15) is 11.4 Å². The summed E-state index contributed by atoms with van der Waals surface area (Å²) in [4.78, 5) is 14.3. The van der Waals surface area contributed by atoms with E-state index in [0.717, 1.165) is 18.2 Å². The molecule has 1 N–H and O–H groups in total. The molecule has 0 saturated heterocycles. The lowest BCUT2D eigenvalue weighted by Gasteiger charge is -1.97. The molecule has 100 valence electrons. The zero-order valence-corrected chi connectivity index (χ0v) is 10.1. The molecule has 0 fully saturated rings. The van der Waals surface area contributed by atoms with E-state index in [1.165, 1.54) is 0 Å². The molecule has 1 aromatic heterocycles. The summed E-state index contributed by atoms with van der Waals surface area (Å²) in [5, 5.41) is 17.5. The zero-order chi connectivity index (χ0) is 13.8. The number of nitro groups is 1. The molecule has 2 aromatic rings. The van der Waals surface area contributed by atoms with Crippen LogP contribution in [0.2, 0.25) is 0 Å². The van der Waals surface area contributed by atoms with Gasteiger partial charge in [-0.05, 0) is 19.2 Å². The maximum Gasteiger partial charge on any atom is 0.282 e. The minimum Gasteiger partial charge on any atom is -0.334 e. The second kappa shape index (κ2) is 5.53. The first-order chi connectivity index (χ1) is 9.11. The molecule has 8 heteroatoms. The highest BCUT2D eigenvalue weighted by Gasteiger charge is 2.21. The topological polar surface area (TPSA) is 94.1 Å². The summed E-state index contributed by atoms with van der Waals surface area (Å²) in [6.07, 6.45) is 0.517. The highest BCUT2D eigenvalue weighted by Crippen LogP contribution is 2.29. The Morgan fingerprint density at radius 3 is 3.00 bits per heavy atom. The van der Waals surface area contributed by atoms with E-state index in [2.05, 4.69) is 15.5 Å². The molecule has 1 heterocycles. The van der Waals surface area contributed by atoms with Crippen LogP contribution in [0.1, 0.15) is 5.82 Å². The van der Waals surface area contributed by atoms with Gasteiger partial charge in [0.2, 0.25) is 0 Å². The average Bonchev–Trinajstić information content (AvgIpc) is 2.84. The van der Waals surface area contributed by atoms with Crippen LogP contribution in [0.25, 0.3) is 11.5 Å². The van der Waals surface area contributed by atoms with Gasteiger partial charge < -0.3 is 9.84 Å². The molecule has 0 radical (unpaired) electrons. The number of nitrogens with zero attached hydrogens (tertiary/aromatic N) is 3. The van der Waals surface area contributed by atoms with Crippen LogP contribution >= 0.6 is 0 Å². The minimum atomic E-state index is -0.619. The van der Waals surface area contributed by atoms with Crippen molar-refractivity contribution < 1.29 is 13.8 Å².